The van der Waals surface area contributed by atoms with Crippen molar-refractivity contribution in [1.29, 1.82) is 0 Å². The highest BCUT2D eigenvalue weighted by molar-refractivity contribution is 7.92. The number of amides is 2. The monoisotopic (exact) mass is 419 g/mol. The van der Waals surface area contributed by atoms with Crippen molar-refractivity contribution in [3.8, 4) is 5.75 Å². The Hall–Kier alpha value is -2.39. The Labute approximate surface area is 175 Å². The molecule has 2 heterocycles. The van der Waals surface area contributed by atoms with Crippen LogP contribution in [0.1, 0.15) is 26.7 Å². The van der Waals surface area contributed by atoms with Crippen LogP contribution in [-0.4, -0.2) is 50.9 Å². The highest BCUT2D eigenvalue weighted by atomic mass is 32.2. The molecule has 3 rings (SSSR count). The first-order valence-electron chi connectivity index (χ1n) is 9.51. The topological polar surface area (TPSA) is 70.6 Å². The molecule has 0 atom stereocenters. The summed E-state index contributed by atoms with van der Waals surface area (Å²) >= 11 is 1.21. The summed E-state index contributed by atoms with van der Waals surface area (Å²) in [5.41, 5.74) is 0.430. The molecule has 156 valence electrons. The van der Waals surface area contributed by atoms with Crippen molar-refractivity contribution in [1.82, 2.24) is 19.2 Å². The summed E-state index contributed by atoms with van der Waals surface area (Å²) in [6.07, 6.45) is 6.35. The van der Waals surface area contributed by atoms with Gasteiger partial charge in [-0.3, -0.25) is 0 Å². The van der Waals surface area contributed by atoms with Crippen LogP contribution < -0.4 is 9.50 Å². The van der Waals surface area contributed by atoms with E-state index in [1.807, 2.05) is 11.9 Å². The van der Waals surface area contributed by atoms with Crippen molar-refractivity contribution >= 4 is 23.9 Å². The molecule has 1 aliphatic heterocycles. The van der Waals surface area contributed by atoms with Crippen molar-refractivity contribution in [2.24, 2.45) is 5.92 Å². The molecule has 1 saturated heterocycles. The second kappa shape index (κ2) is 9.41. The predicted octanol–water partition coefficient (Wildman–Crippen LogP) is 4.21. The van der Waals surface area contributed by atoms with Gasteiger partial charge in [0.25, 0.3) is 0 Å². The maximum atomic E-state index is 13.3. The molecule has 1 aliphatic rings. The van der Waals surface area contributed by atoms with Crippen LogP contribution in [0.4, 0.5) is 14.9 Å². The van der Waals surface area contributed by atoms with E-state index in [-0.39, 0.29) is 17.4 Å². The van der Waals surface area contributed by atoms with Crippen molar-refractivity contribution < 1.29 is 13.4 Å². The number of hydrogen-bond donors (Lipinski definition) is 1. The number of nitrogens with one attached hydrogen (secondary N) is 1. The van der Waals surface area contributed by atoms with Gasteiger partial charge in [0, 0.05) is 31.7 Å². The van der Waals surface area contributed by atoms with Crippen LogP contribution in [0.3, 0.4) is 0 Å². The minimum absolute atomic E-state index is 0.131. The summed E-state index contributed by atoms with van der Waals surface area (Å²) in [7, 11) is 1.97. The molecular weight excluding hydrogens is 393 g/mol. The van der Waals surface area contributed by atoms with Gasteiger partial charge in [-0.05, 0) is 44.7 Å². The van der Waals surface area contributed by atoms with E-state index in [1.165, 1.54) is 30.7 Å². The van der Waals surface area contributed by atoms with Crippen LogP contribution in [0.2, 0.25) is 0 Å². The van der Waals surface area contributed by atoms with E-state index in [0.29, 0.717) is 30.4 Å². The van der Waals surface area contributed by atoms with E-state index in [4.69, 9.17) is 4.18 Å². The Kier molecular flexibility index (Phi) is 6.92. The van der Waals surface area contributed by atoms with Crippen LogP contribution in [0, 0.1) is 11.7 Å². The number of aromatic nitrogens is 2. The van der Waals surface area contributed by atoms with Crippen LogP contribution in [0.15, 0.2) is 43.0 Å². The van der Waals surface area contributed by atoms with E-state index in [1.54, 1.807) is 24.5 Å². The zero-order valence-electron chi connectivity index (χ0n) is 16.8. The van der Waals surface area contributed by atoms with Gasteiger partial charge in [-0.1, -0.05) is 6.07 Å². The van der Waals surface area contributed by atoms with E-state index < -0.39 is 0 Å². The number of hydrogen-bond acceptors (Lipinski definition) is 6. The zero-order valence-corrected chi connectivity index (χ0v) is 17.7. The molecule has 1 N–H and O–H groups in total. The molecule has 7 nitrogen and oxygen atoms in total. The smallest absolute Gasteiger partial charge is 0.321 e. The lowest BCUT2D eigenvalue weighted by Gasteiger charge is -2.44. The SMILES string of the molecule is CN(SOc1cccc(F)c1)C(C)(C)C1CCN(C(=O)Nc2cncnc2)CC1. The summed E-state index contributed by atoms with van der Waals surface area (Å²) in [4.78, 5) is 22.1. The third-order valence-electron chi connectivity index (χ3n) is 5.45. The van der Waals surface area contributed by atoms with Gasteiger partial charge in [0.15, 0.2) is 0 Å². The number of carbonyl (C=O) groups excluding carboxylic acids is 1. The number of nitrogens with zero attached hydrogens (tertiary/aromatic N) is 4. The molecule has 0 radical (unpaired) electrons. The number of rotatable bonds is 6. The third kappa shape index (κ3) is 5.57. The van der Waals surface area contributed by atoms with Gasteiger partial charge in [0.1, 0.15) is 30.1 Å². The molecule has 0 spiro atoms. The minimum atomic E-state index is -0.322. The molecule has 2 aromatic rings. The predicted molar refractivity (Wildman–Crippen MR) is 112 cm³/mol. The Morgan fingerprint density at radius 1 is 1.31 bits per heavy atom. The zero-order chi connectivity index (χ0) is 20.9. The van der Waals surface area contributed by atoms with Gasteiger partial charge in [0.05, 0.1) is 18.1 Å². The highest BCUT2D eigenvalue weighted by Crippen LogP contribution is 2.36. The van der Waals surface area contributed by atoms with Gasteiger partial charge in [-0.2, -0.15) is 0 Å². The van der Waals surface area contributed by atoms with E-state index >= 15 is 0 Å². The molecule has 9 heteroatoms. The van der Waals surface area contributed by atoms with Crippen LogP contribution in [0.25, 0.3) is 0 Å². The lowest BCUT2D eigenvalue weighted by molar-refractivity contribution is 0.106. The Morgan fingerprint density at radius 3 is 2.66 bits per heavy atom. The first-order chi connectivity index (χ1) is 13.9. The number of likely N-dealkylation sites (tertiary alicyclic amines) is 1. The van der Waals surface area contributed by atoms with E-state index in [0.717, 1.165) is 12.8 Å². The lowest BCUT2D eigenvalue weighted by Crippen LogP contribution is -2.50. The van der Waals surface area contributed by atoms with Crippen molar-refractivity contribution in [3.63, 3.8) is 0 Å². The number of benzene rings is 1. The Balaban J connectivity index is 1.49. The summed E-state index contributed by atoms with van der Waals surface area (Å²) in [5, 5.41) is 2.83. The largest absolute Gasteiger partial charge is 0.409 e. The van der Waals surface area contributed by atoms with Crippen LogP contribution in [-0.2, 0) is 0 Å². The third-order valence-corrected chi connectivity index (χ3v) is 6.41. The molecule has 0 bridgehead atoms. The Morgan fingerprint density at radius 2 is 2.00 bits per heavy atom. The molecule has 0 aliphatic carbocycles. The lowest BCUT2D eigenvalue weighted by atomic mass is 9.80. The normalized spacial score (nSPS) is 15.4. The van der Waals surface area contributed by atoms with E-state index in [2.05, 4.69) is 33.4 Å². The fourth-order valence-corrected chi connectivity index (χ4v) is 3.97. The molecule has 29 heavy (non-hydrogen) atoms. The molecule has 1 fully saturated rings. The quantitative estimate of drug-likeness (QED) is 0.559. The first-order valence-corrected chi connectivity index (χ1v) is 10.2. The Bertz CT molecular complexity index is 816. The summed E-state index contributed by atoms with van der Waals surface area (Å²) in [5.74, 6) is 0.548. The van der Waals surface area contributed by atoms with Gasteiger partial charge in [-0.15, -0.1) is 0 Å². The maximum absolute atomic E-state index is 13.3. The van der Waals surface area contributed by atoms with Gasteiger partial charge < -0.3 is 14.4 Å². The summed E-state index contributed by atoms with van der Waals surface area (Å²) < 4.78 is 21.0. The van der Waals surface area contributed by atoms with Gasteiger partial charge in [-0.25, -0.2) is 23.5 Å². The average Bonchev–Trinajstić information content (AvgIpc) is 2.73. The fourth-order valence-electron chi connectivity index (χ4n) is 3.33. The minimum Gasteiger partial charge on any atom is -0.409 e. The van der Waals surface area contributed by atoms with Crippen LogP contribution in [0.5, 0.6) is 5.75 Å². The number of halogens is 1. The van der Waals surface area contributed by atoms with E-state index in [9.17, 15) is 9.18 Å². The van der Waals surface area contributed by atoms with Crippen molar-refractivity contribution in [2.75, 3.05) is 25.5 Å². The maximum Gasteiger partial charge on any atom is 0.321 e. The molecule has 2 amide bonds. The first kappa shape index (κ1) is 21.3. The average molecular weight is 420 g/mol. The second-order valence-corrected chi connectivity index (χ2v) is 8.45. The molecular formula is C20H26FN5O2S. The summed E-state index contributed by atoms with van der Waals surface area (Å²) in [6.45, 7) is 5.68. The molecule has 0 saturated carbocycles. The number of carbonyl (C=O) groups is 1. The number of piperidine rings is 1. The second-order valence-electron chi connectivity index (χ2n) is 7.59. The summed E-state index contributed by atoms with van der Waals surface area (Å²) in [6, 6.07) is 5.97. The molecule has 1 aromatic heterocycles. The highest BCUT2D eigenvalue weighted by Gasteiger charge is 2.37. The fraction of sp³-hybridized carbons (Fsp3) is 0.450. The number of urea groups is 1. The molecule has 0 unspecified atom stereocenters. The molecule has 1 aromatic carbocycles. The van der Waals surface area contributed by atoms with Gasteiger partial charge in [0.2, 0.25) is 0 Å². The van der Waals surface area contributed by atoms with Crippen molar-refractivity contribution in [3.05, 3.63) is 48.8 Å². The van der Waals surface area contributed by atoms with Crippen LogP contribution >= 0.6 is 12.2 Å². The van der Waals surface area contributed by atoms with Crippen molar-refractivity contribution in [2.45, 2.75) is 32.2 Å². The number of anilines is 1. The standard InChI is InChI=1S/C20H26FN5O2S/c1-20(2,25(3)29-28-18-6-4-5-16(21)11-18)15-7-9-26(10-8-15)19(27)24-17-12-22-14-23-13-17/h4-6,11-15H,7-10H2,1-3H3,(H,24,27). The van der Waals surface area contributed by atoms with Gasteiger partial charge >= 0.3 is 6.03 Å².